The number of anilines is 10. The van der Waals surface area contributed by atoms with E-state index in [0.717, 1.165) is 12.8 Å². The molecule has 6 heterocycles. The number of benzene rings is 9. The second-order valence-electron chi connectivity index (χ2n) is 24.6. The highest BCUT2D eigenvalue weighted by Crippen LogP contribution is 2.63. The second kappa shape index (κ2) is 15.9. The summed E-state index contributed by atoms with van der Waals surface area (Å²) in [6.45, 7) is 12.6. The van der Waals surface area contributed by atoms with Gasteiger partial charge in [-0.1, -0.05) is 137 Å². The minimum absolute atomic E-state index is 0.0316. The van der Waals surface area contributed by atoms with Gasteiger partial charge in [-0.25, -0.2) is 0 Å². The van der Waals surface area contributed by atoms with Crippen molar-refractivity contribution < 1.29 is 0 Å². The molecule has 2 aromatic heterocycles. The Morgan fingerprint density at radius 1 is 0.385 bits per heavy atom. The first kappa shape index (κ1) is 45.7. The minimum atomic E-state index is -0.0751. The quantitative estimate of drug-likeness (QED) is 0.163. The van der Waals surface area contributed by atoms with Gasteiger partial charge < -0.3 is 19.6 Å². The van der Waals surface area contributed by atoms with E-state index >= 15 is 0 Å². The van der Waals surface area contributed by atoms with E-state index in [1.54, 1.807) is 0 Å². The summed E-state index contributed by atoms with van der Waals surface area (Å²) in [5.74, 6) is 0. The zero-order valence-corrected chi connectivity index (χ0v) is 46.8. The lowest BCUT2D eigenvalue weighted by molar-refractivity contribution is 0.195. The molecule has 2 fully saturated rings. The van der Waals surface area contributed by atoms with Crippen LogP contribution in [0.1, 0.15) is 95.8 Å². The zero-order chi connectivity index (χ0) is 52.0. The third kappa shape index (κ3) is 5.71. The molecule has 0 amide bonds. The molecule has 0 radical (unpaired) electrons. The minimum Gasteiger partial charge on any atom is -0.334 e. The number of aryl methyl sites for hydroxylation is 1. The van der Waals surface area contributed by atoms with Crippen LogP contribution in [0.25, 0.3) is 40.3 Å². The first-order chi connectivity index (χ1) is 38.1. The topological polar surface area (TPSA) is 13.0 Å². The van der Waals surface area contributed by atoms with Crippen molar-refractivity contribution in [2.45, 2.75) is 108 Å². The highest BCUT2D eigenvalue weighted by molar-refractivity contribution is 7.26. The Morgan fingerprint density at radius 2 is 0.795 bits per heavy atom. The van der Waals surface area contributed by atoms with Crippen LogP contribution >= 0.6 is 22.7 Å². The van der Waals surface area contributed by atoms with Crippen molar-refractivity contribution in [2.75, 3.05) is 19.6 Å². The molecule has 4 atom stereocenters. The fraction of sp³-hybridized carbons (Fsp3) is 0.239. The van der Waals surface area contributed by atoms with Crippen molar-refractivity contribution in [2.24, 2.45) is 0 Å². The Labute approximate surface area is 466 Å². The highest BCUT2D eigenvalue weighted by atomic mass is 32.1. The summed E-state index contributed by atoms with van der Waals surface area (Å²) in [7, 11) is 0. The van der Waals surface area contributed by atoms with E-state index in [1.807, 2.05) is 22.7 Å². The number of fused-ring (bicyclic) bond motifs is 16. The van der Waals surface area contributed by atoms with Crippen LogP contribution in [0.4, 0.5) is 56.9 Å². The normalized spacial score (nSPS) is 23.6. The third-order valence-corrected chi connectivity index (χ3v) is 23.2. The Hall–Kier alpha value is -7.32. The molecule has 0 spiro atoms. The molecular weight excluding hydrogens is 984 g/mol. The molecule has 0 N–H and O–H groups in total. The number of hydrogen-bond donors (Lipinski definition) is 0. The second-order valence-corrected chi connectivity index (χ2v) is 26.8. The Morgan fingerprint density at radius 3 is 1.28 bits per heavy atom. The lowest BCUT2D eigenvalue weighted by Gasteiger charge is -2.51. The van der Waals surface area contributed by atoms with Crippen molar-refractivity contribution in [3.63, 3.8) is 0 Å². The number of thiophene rings is 2. The highest BCUT2D eigenvalue weighted by Gasteiger charge is 2.59. The Balaban J connectivity index is 0.970. The summed E-state index contributed by atoms with van der Waals surface area (Å²) < 4.78 is 5.28. The van der Waals surface area contributed by atoms with Gasteiger partial charge in [0.1, 0.15) is 0 Å². The maximum absolute atomic E-state index is 2.78. The van der Waals surface area contributed by atoms with Crippen molar-refractivity contribution in [3.05, 3.63) is 199 Å². The first-order valence-electron chi connectivity index (χ1n) is 28.7. The van der Waals surface area contributed by atoms with E-state index in [4.69, 9.17) is 0 Å². The number of rotatable bonds is 4. The van der Waals surface area contributed by atoms with E-state index in [9.17, 15) is 0 Å². The van der Waals surface area contributed by atoms with E-state index < -0.39 is 0 Å². The van der Waals surface area contributed by atoms with Crippen LogP contribution in [0.2, 0.25) is 0 Å². The lowest BCUT2D eigenvalue weighted by Crippen LogP contribution is -2.61. The largest absolute Gasteiger partial charge is 0.334 e. The maximum Gasteiger partial charge on any atom is 0.252 e. The summed E-state index contributed by atoms with van der Waals surface area (Å²) in [4.78, 5) is 11.0. The molecule has 4 unspecified atom stereocenters. The molecule has 11 aromatic rings. The standard InChI is InChI=1S/C71H61BN4S2/c1-44-40-59-67-60(41-44)74(56-27-19-31-64-66(56)48-21-7-13-29-62(48)78-64)58-43-46(76-54-25-11-9-23-50(54)69(3)37-15-17-39-71(69,76)5)33-35-52(58)72(67)51-34-32-45(75-53-24-10-8-22-49(53)68(2)36-14-16-38-70(68,75)4)42-57(51)73(59)55-26-18-30-63-65(55)47-20-6-12-28-61(47)77-63/h6-13,18-35,40-43H,14-17,36-39H2,1-5H3. The molecule has 9 aromatic carbocycles. The lowest BCUT2D eigenvalue weighted by atomic mass is 9.33. The van der Waals surface area contributed by atoms with Gasteiger partial charge in [-0.3, -0.25) is 0 Å². The molecule has 6 aliphatic rings. The predicted octanol–water partition coefficient (Wildman–Crippen LogP) is 18.3. The van der Waals surface area contributed by atoms with Crippen molar-refractivity contribution >= 4 is 143 Å². The van der Waals surface area contributed by atoms with Crippen molar-refractivity contribution in [1.29, 1.82) is 0 Å². The van der Waals surface area contributed by atoms with Gasteiger partial charge in [-0.2, -0.15) is 0 Å². The molecule has 0 saturated heterocycles. The average molecular weight is 1050 g/mol. The van der Waals surface area contributed by atoms with Crippen LogP contribution < -0.4 is 36.0 Å². The molecule has 2 aliphatic carbocycles. The molecular formula is C71H61BN4S2. The van der Waals surface area contributed by atoms with Gasteiger partial charge in [-0.15, -0.1) is 22.7 Å². The first-order valence-corrected chi connectivity index (χ1v) is 30.3. The summed E-state index contributed by atoms with van der Waals surface area (Å²) in [5, 5.41) is 5.27. The molecule has 4 nitrogen and oxygen atoms in total. The van der Waals surface area contributed by atoms with Crippen LogP contribution in [-0.2, 0) is 10.8 Å². The van der Waals surface area contributed by atoms with E-state index in [1.165, 1.54) is 169 Å². The molecule has 0 bridgehead atoms. The van der Waals surface area contributed by atoms with E-state index in [2.05, 4.69) is 236 Å². The van der Waals surface area contributed by atoms with Crippen molar-refractivity contribution in [1.82, 2.24) is 0 Å². The average Bonchev–Trinajstić information content (AvgIpc) is 3.41. The molecule has 17 rings (SSSR count). The van der Waals surface area contributed by atoms with Crippen LogP contribution in [0, 0.1) is 6.92 Å². The predicted molar refractivity (Wildman–Crippen MR) is 337 cm³/mol. The van der Waals surface area contributed by atoms with Gasteiger partial charge in [0.2, 0.25) is 0 Å². The fourth-order valence-electron chi connectivity index (χ4n) is 17.0. The SMILES string of the molecule is Cc1cc2c3c(c1)N(c1cccc4sc5ccccc5c14)c1cc(N4c5ccccc5C5(C)CCCCC45C)ccc1B3c1ccc(N3c4ccccc4C4(C)CCCCC34C)cc1N2c1cccc2sc3ccccc3c12. The van der Waals surface area contributed by atoms with Crippen molar-refractivity contribution in [3.8, 4) is 0 Å². The van der Waals surface area contributed by atoms with Gasteiger partial charge in [0.05, 0.1) is 22.5 Å². The van der Waals surface area contributed by atoms with Gasteiger partial charge in [0.25, 0.3) is 6.71 Å². The number of nitrogens with zero attached hydrogens (tertiary/aromatic N) is 4. The van der Waals surface area contributed by atoms with Crippen LogP contribution in [0.15, 0.2) is 182 Å². The summed E-state index contributed by atoms with van der Waals surface area (Å²) in [5.41, 5.74) is 21.1. The Kier molecular flexibility index (Phi) is 9.33. The molecule has 4 aliphatic heterocycles. The summed E-state index contributed by atoms with van der Waals surface area (Å²) in [6.07, 6.45) is 9.73. The monoisotopic (exact) mass is 1040 g/mol. The van der Waals surface area contributed by atoms with Gasteiger partial charge in [-0.05, 0) is 164 Å². The number of hydrogen-bond acceptors (Lipinski definition) is 6. The van der Waals surface area contributed by atoms with E-state index in [0.29, 0.717) is 0 Å². The van der Waals surface area contributed by atoms with E-state index in [-0.39, 0.29) is 28.6 Å². The Bertz CT molecular complexity index is 4130. The molecule has 2 saturated carbocycles. The van der Waals surface area contributed by atoms with Gasteiger partial charge in [0, 0.05) is 96.7 Å². The molecule has 380 valence electrons. The fourth-order valence-corrected chi connectivity index (χ4v) is 19.2. The van der Waals surface area contributed by atoms with Crippen LogP contribution in [0.5, 0.6) is 0 Å². The number of para-hydroxylation sites is 2. The zero-order valence-electron chi connectivity index (χ0n) is 45.2. The van der Waals surface area contributed by atoms with Gasteiger partial charge in [0.15, 0.2) is 0 Å². The van der Waals surface area contributed by atoms with Crippen LogP contribution in [-0.4, -0.2) is 17.8 Å². The smallest absolute Gasteiger partial charge is 0.252 e. The summed E-state index contributed by atoms with van der Waals surface area (Å²) >= 11 is 3.82. The third-order valence-electron chi connectivity index (χ3n) is 21.0. The molecule has 7 heteroatoms. The summed E-state index contributed by atoms with van der Waals surface area (Å²) in [6, 6.07) is 71.3. The molecule has 78 heavy (non-hydrogen) atoms. The van der Waals surface area contributed by atoms with Gasteiger partial charge >= 0.3 is 0 Å². The maximum atomic E-state index is 2.78. The van der Waals surface area contributed by atoms with Crippen LogP contribution in [0.3, 0.4) is 0 Å².